The van der Waals surface area contributed by atoms with Crippen molar-refractivity contribution in [3.8, 4) is 0 Å². The highest BCUT2D eigenvalue weighted by Crippen LogP contribution is 2.27. The quantitative estimate of drug-likeness (QED) is 0.580. The lowest BCUT2D eigenvalue weighted by Crippen LogP contribution is -2.30. The molecule has 0 N–H and O–H groups in total. The van der Waals surface area contributed by atoms with Crippen molar-refractivity contribution < 1.29 is 23.8 Å². The lowest BCUT2D eigenvalue weighted by Gasteiger charge is -2.25. The highest BCUT2D eigenvalue weighted by atomic mass is 16.7. The Labute approximate surface area is 133 Å². The van der Waals surface area contributed by atoms with Crippen LogP contribution in [0.3, 0.4) is 0 Å². The molecular formula is C17H28O5. The zero-order valence-corrected chi connectivity index (χ0v) is 14.3. The van der Waals surface area contributed by atoms with Crippen molar-refractivity contribution in [2.45, 2.75) is 71.5 Å². The molecule has 0 aliphatic heterocycles. The van der Waals surface area contributed by atoms with Gasteiger partial charge in [0.25, 0.3) is 0 Å². The normalized spacial score (nSPS) is 18.5. The number of methoxy groups -OCH3 is 1. The molecule has 1 fully saturated rings. The van der Waals surface area contributed by atoms with E-state index in [1.165, 1.54) is 13.5 Å². The van der Waals surface area contributed by atoms with E-state index in [9.17, 15) is 9.59 Å². The van der Waals surface area contributed by atoms with Crippen LogP contribution in [0.5, 0.6) is 0 Å². The van der Waals surface area contributed by atoms with Gasteiger partial charge in [0.05, 0.1) is 12.7 Å². The monoisotopic (exact) mass is 312 g/mol. The molecule has 1 saturated carbocycles. The van der Waals surface area contributed by atoms with Crippen LogP contribution >= 0.6 is 0 Å². The van der Waals surface area contributed by atoms with E-state index >= 15 is 0 Å². The molecule has 0 heterocycles. The summed E-state index contributed by atoms with van der Waals surface area (Å²) in [5.74, 6) is -0.102. The zero-order chi connectivity index (χ0) is 16.8. The predicted molar refractivity (Wildman–Crippen MR) is 83.5 cm³/mol. The first-order valence-electron chi connectivity index (χ1n) is 7.92. The molecule has 1 aliphatic rings. The minimum Gasteiger partial charge on any atom is -0.457 e. The number of ether oxygens (including phenoxy) is 3. The minimum atomic E-state index is -0.800. The van der Waals surface area contributed by atoms with E-state index in [1.807, 2.05) is 26.8 Å². The summed E-state index contributed by atoms with van der Waals surface area (Å²) in [4.78, 5) is 23.7. The van der Waals surface area contributed by atoms with Crippen molar-refractivity contribution in [3.05, 3.63) is 11.6 Å². The Hall–Kier alpha value is -1.52. The molecular weight excluding hydrogens is 284 g/mol. The van der Waals surface area contributed by atoms with Crippen LogP contribution in [-0.2, 0) is 19.0 Å². The van der Waals surface area contributed by atoms with E-state index in [0.717, 1.165) is 25.7 Å². The van der Waals surface area contributed by atoms with Crippen molar-refractivity contribution >= 4 is 12.1 Å². The van der Waals surface area contributed by atoms with E-state index < -0.39 is 23.8 Å². The van der Waals surface area contributed by atoms with Crippen LogP contribution in [0.1, 0.15) is 59.8 Å². The number of rotatable bonds is 4. The third kappa shape index (κ3) is 6.50. The average molecular weight is 312 g/mol. The summed E-state index contributed by atoms with van der Waals surface area (Å²) in [5.41, 5.74) is -0.194. The van der Waals surface area contributed by atoms with Crippen LogP contribution in [0.25, 0.3) is 0 Å². The Kier molecular flexibility index (Phi) is 6.91. The number of hydrogen-bond acceptors (Lipinski definition) is 5. The molecule has 5 nitrogen and oxygen atoms in total. The van der Waals surface area contributed by atoms with E-state index in [4.69, 9.17) is 9.47 Å². The molecule has 1 rings (SSSR count). The largest absolute Gasteiger partial charge is 0.508 e. The van der Waals surface area contributed by atoms with Crippen molar-refractivity contribution in [1.29, 1.82) is 0 Å². The van der Waals surface area contributed by atoms with Crippen LogP contribution < -0.4 is 0 Å². The number of hydrogen-bond donors (Lipinski definition) is 0. The van der Waals surface area contributed by atoms with Crippen molar-refractivity contribution in [2.75, 3.05) is 7.11 Å². The summed E-state index contributed by atoms with van der Waals surface area (Å²) in [5, 5.41) is 0. The molecule has 1 atom stereocenters. The molecule has 22 heavy (non-hydrogen) atoms. The molecule has 0 aromatic carbocycles. The second-order valence-electron chi connectivity index (χ2n) is 6.74. The molecule has 0 bridgehead atoms. The van der Waals surface area contributed by atoms with Gasteiger partial charge in [-0.3, -0.25) is 0 Å². The average Bonchev–Trinajstić information content (AvgIpc) is 2.43. The summed E-state index contributed by atoms with van der Waals surface area (Å²) in [6.45, 7) is 7.11. The molecule has 0 radical (unpaired) electrons. The smallest absolute Gasteiger partial charge is 0.457 e. The third-order valence-electron chi connectivity index (χ3n) is 3.58. The van der Waals surface area contributed by atoms with Gasteiger partial charge in [-0.05, 0) is 46.5 Å². The summed E-state index contributed by atoms with van der Waals surface area (Å²) in [6, 6.07) is 0. The summed E-state index contributed by atoms with van der Waals surface area (Å²) in [7, 11) is 1.24. The van der Waals surface area contributed by atoms with Gasteiger partial charge in [-0.2, -0.15) is 0 Å². The maximum Gasteiger partial charge on any atom is 0.508 e. The van der Waals surface area contributed by atoms with Crippen molar-refractivity contribution in [1.82, 2.24) is 0 Å². The second-order valence-corrected chi connectivity index (χ2v) is 6.74. The molecule has 0 saturated heterocycles. The highest BCUT2D eigenvalue weighted by molar-refractivity contribution is 5.90. The Balaban J connectivity index is 2.90. The van der Waals surface area contributed by atoms with Crippen LogP contribution in [-0.4, -0.2) is 30.9 Å². The van der Waals surface area contributed by atoms with Crippen LogP contribution in [0, 0.1) is 5.92 Å². The summed E-state index contributed by atoms with van der Waals surface area (Å²) in [6.07, 6.45) is 6.09. The maximum absolute atomic E-state index is 12.4. The zero-order valence-electron chi connectivity index (χ0n) is 14.3. The Morgan fingerprint density at radius 2 is 1.73 bits per heavy atom. The third-order valence-corrected chi connectivity index (χ3v) is 3.58. The number of allylic oxidation sites excluding steroid dienone is 1. The van der Waals surface area contributed by atoms with Gasteiger partial charge in [0.1, 0.15) is 11.7 Å². The van der Waals surface area contributed by atoms with E-state index in [0.29, 0.717) is 11.5 Å². The Morgan fingerprint density at radius 1 is 1.14 bits per heavy atom. The van der Waals surface area contributed by atoms with E-state index in [-0.39, 0.29) is 0 Å². The summed E-state index contributed by atoms with van der Waals surface area (Å²) < 4.78 is 15.0. The van der Waals surface area contributed by atoms with Crippen LogP contribution in [0.2, 0.25) is 0 Å². The number of carbonyl (C=O) groups excluding carboxylic acids is 2. The molecule has 0 amide bonds. The highest BCUT2D eigenvalue weighted by Gasteiger charge is 2.27. The molecule has 5 heteroatoms. The fourth-order valence-electron chi connectivity index (χ4n) is 2.52. The maximum atomic E-state index is 12.4. The fourth-order valence-corrected chi connectivity index (χ4v) is 2.52. The topological polar surface area (TPSA) is 61.8 Å². The van der Waals surface area contributed by atoms with Gasteiger partial charge in [-0.25, -0.2) is 9.59 Å². The first-order chi connectivity index (χ1) is 10.2. The SMILES string of the molecule is COC(=O)O[C@@H](C)/C(=C\C1CCCCC1)C(=O)OC(C)(C)C. The Bertz CT molecular complexity index is 413. The second kappa shape index (κ2) is 8.20. The minimum absolute atomic E-state index is 0.333. The van der Waals surface area contributed by atoms with Crippen LogP contribution in [0.15, 0.2) is 11.6 Å². The number of esters is 1. The van der Waals surface area contributed by atoms with Gasteiger partial charge in [0, 0.05) is 0 Å². The first kappa shape index (κ1) is 18.5. The van der Waals surface area contributed by atoms with Gasteiger partial charge in [0.2, 0.25) is 0 Å². The van der Waals surface area contributed by atoms with Crippen molar-refractivity contribution in [2.24, 2.45) is 5.92 Å². The molecule has 0 unspecified atom stereocenters. The van der Waals surface area contributed by atoms with E-state index in [1.54, 1.807) is 6.92 Å². The predicted octanol–water partition coefficient (Wildman–Crippen LogP) is 4.01. The molecule has 126 valence electrons. The lowest BCUT2D eigenvalue weighted by atomic mass is 9.87. The molecule has 0 aromatic rings. The summed E-state index contributed by atoms with van der Waals surface area (Å²) >= 11 is 0. The number of carbonyl (C=O) groups is 2. The standard InChI is InChI=1S/C17H28O5/c1-12(21-16(19)20-5)14(15(18)22-17(2,3)4)11-13-9-7-6-8-10-13/h11-13H,6-10H2,1-5H3/b14-11+/t12-/m0/s1. The van der Waals surface area contributed by atoms with Gasteiger partial charge in [-0.15, -0.1) is 0 Å². The van der Waals surface area contributed by atoms with Gasteiger partial charge >= 0.3 is 12.1 Å². The van der Waals surface area contributed by atoms with Crippen molar-refractivity contribution in [3.63, 3.8) is 0 Å². The van der Waals surface area contributed by atoms with E-state index in [2.05, 4.69) is 4.74 Å². The fraction of sp³-hybridized carbons (Fsp3) is 0.765. The van der Waals surface area contributed by atoms with Gasteiger partial charge < -0.3 is 14.2 Å². The molecule has 0 aromatic heterocycles. The lowest BCUT2D eigenvalue weighted by molar-refractivity contribution is -0.151. The molecule has 0 spiro atoms. The van der Waals surface area contributed by atoms with Crippen LogP contribution in [0.4, 0.5) is 4.79 Å². The first-order valence-corrected chi connectivity index (χ1v) is 7.92. The Morgan fingerprint density at radius 3 is 2.23 bits per heavy atom. The van der Waals surface area contributed by atoms with Gasteiger partial charge in [-0.1, -0.05) is 25.3 Å². The van der Waals surface area contributed by atoms with Gasteiger partial charge in [0.15, 0.2) is 0 Å². The molecule has 1 aliphatic carbocycles.